The molecule has 0 unspecified atom stereocenters. The molecule has 3 atom stereocenters. The van der Waals surface area contributed by atoms with Gasteiger partial charge >= 0.3 is 5.97 Å². The number of anilines is 1. The van der Waals surface area contributed by atoms with Gasteiger partial charge in [-0.05, 0) is 42.0 Å². The van der Waals surface area contributed by atoms with Gasteiger partial charge in [0.15, 0.2) is 0 Å². The molecule has 1 aliphatic carbocycles. The number of allylic oxidation sites excluding steroid dienone is 2. The van der Waals surface area contributed by atoms with Crippen molar-refractivity contribution < 1.29 is 14.8 Å². The number of carboxylic acids is 1. The zero-order chi connectivity index (χ0) is 18.4. The fourth-order valence-electron chi connectivity index (χ4n) is 4.24. The van der Waals surface area contributed by atoms with Crippen molar-refractivity contribution in [1.82, 2.24) is 0 Å². The Labute approximate surface area is 150 Å². The number of non-ortho nitro benzene ring substituents is 1. The monoisotopic (exact) mass is 350 g/mol. The molecule has 0 saturated heterocycles. The molecule has 132 valence electrons. The summed E-state index contributed by atoms with van der Waals surface area (Å²) in [6, 6.07) is 10.1. The summed E-state index contributed by atoms with van der Waals surface area (Å²) in [6.45, 7) is 1.85. The van der Waals surface area contributed by atoms with Gasteiger partial charge in [0.1, 0.15) is 0 Å². The first-order chi connectivity index (χ1) is 12.5. The summed E-state index contributed by atoms with van der Waals surface area (Å²) < 4.78 is 0. The minimum atomic E-state index is -0.948. The number of nitrogens with zero attached hydrogens (tertiary/aromatic N) is 1. The number of carbonyl (C=O) groups is 1. The molecule has 4 rings (SSSR count). The SMILES string of the molecule is Cc1cc([N+](=O)[O-])cc2c1N[C@H](c1ccccc1C(=O)O)[C@@H]1CC=C[C@@H]21. The van der Waals surface area contributed by atoms with Crippen molar-refractivity contribution in [3.8, 4) is 0 Å². The Hall–Kier alpha value is -3.15. The molecule has 0 radical (unpaired) electrons. The van der Waals surface area contributed by atoms with Crippen LogP contribution >= 0.6 is 0 Å². The topological polar surface area (TPSA) is 92.5 Å². The highest BCUT2D eigenvalue weighted by molar-refractivity contribution is 5.90. The molecule has 1 heterocycles. The van der Waals surface area contributed by atoms with E-state index in [-0.39, 0.29) is 28.5 Å². The van der Waals surface area contributed by atoms with E-state index in [0.717, 1.165) is 28.8 Å². The highest BCUT2D eigenvalue weighted by Crippen LogP contribution is 2.51. The fraction of sp³-hybridized carbons (Fsp3) is 0.250. The van der Waals surface area contributed by atoms with Gasteiger partial charge in [-0.1, -0.05) is 30.4 Å². The van der Waals surface area contributed by atoms with Crippen LogP contribution in [0.25, 0.3) is 0 Å². The molecule has 6 nitrogen and oxygen atoms in total. The Kier molecular flexibility index (Phi) is 3.76. The minimum absolute atomic E-state index is 0.0386. The molecule has 0 bridgehead atoms. The average Bonchev–Trinajstić information content (AvgIpc) is 3.11. The molecule has 26 heavy (non-hydrogen) atoms. The Bertz CT molecular complexity index is 951. The molecular formula is C20H18N2O4. The van der Waals surface area contributed by atoms with Crippen LogP contribution in [0.4, 0.5) is 11.4 Å². The summed E-state index contributed by atoms with van der Waals surface area (Å²) in [5, 5.41) is 24.3. The van der Waals surface area contributed by atoms with Gasteiger partial charge in [0.05, 0.1) is 16.5 Å². The predicted octanol–water partition coefficient (Wildman–Crippen LogP) is 4.43. The van der Waals surface area contributed by atoms with Crippen LogP contribution in [0.2, 0.25) is 0 Å². The van der Waals surface area contributed by atoms with E-state index in [4.69, 9.17) is 0 Å². The molecule has 2 aromatic carbocycles. The van der Waals surface area contributed by atoms with Crippen LogP contribution in [0, 0.1) is 23.0 Å². The number of rotatable bonds is 3. The van der Waals surface area contributed by atoms with Crippen molar-refractivity contribution in [3.05, 3.63) is 80.9 Å². The second-order valence-corrected chi connectivity index (χ2v) is 6.85. The van der Waals surface area contributed by atoms with Crippen molar-refractivity contribution >= 4 is 17.3 Å². The molecule has 0 aromatic heterocycles. The van der Waals surface area contributed by atoms with Crippen LogP contribution in [0.1, 0.15) is 45.4 Å². The van der Waals surface area contributed by atoms with Crippen molar-refractivity contribution in [1.29, 1.82) is 0 Å². The summed E-state index contributed by atoms with van der Waals surface area (Å²) in [5.41, 5.74) is 3.71. The number of nitrogens with one attached hydrogen (secondary N) is 1. The lowest BCUT2D eigenvalue weighted by Crippen LogP contribution is -2.30. The Morgan fingerprint density at radius 1 is 1.27 bits per heavy atom. The van der Waals surface area contributed by atoms with Gasteiger partial charge in [-0.15, -0.1) is 0 Å². The highest BCUT2D eigenvalue weighted by atomic mass is 16.6. The number of nitro groups is 1. The van der Waals surface area contributed by atoms with Gasteiger partial charge in [0, 0.05) is 23.7 Å². The smallest absolute Gasteiger partial charge is 0.336 e. The Morgan fingerprint density at radius 3 is 2.77 bits per heavy atom. The number of hydrogen-bond donors (Lipinski definition) is 2. The predicted molar refractivity (Wildman–Crippen MR) is 97.6 cm³/mol. The van der Waals surface area contributed by atoms with E-state index in [2.05, 4.69) is 17.5 Å². The Morgan fingerprint density at radius 2 is 2.04 bits per heavy atom. The zero-order valence-electron chi connectivity index (χ0n) is 14.2. The summed E-state index contributed by atoms with van der Waals surface area (Å²) in [5.74, 6) is -0.780. The van der Waals surface area contributed by atoms with Crippen molar-refractivity contribution in [2.75, 3.05) is 5.32 Å². The minimum Gasteiger partial charge on any atom is -0.478 e. The number of nitro benzene ring substituents is 1. The molecular weight excluding hydrogens is 332 g/mol. The van der Waals surface area contributed by atoms with Crippen LogP contribution in [-0.2, 0) is 0 Å². The van der Waals surface area contributed by atoms with E-state index in [9.17, 15) is 20.0 Å². The van der Waals surface area contributed by atoms with E-state index < -0.39 is 5.97 Å². The van der Waals surface area contributed by atoms with Gasteiger partial charge in [0.25, 0.3) is 5.69 Å². The standard InChI is InChI=1S/C20H18N2O4/c1-11-9-12(22(25)26)10-17-13-7-4-8-14(13)19(21-18(11)17)15-5-2-3-6-16(15)20(23)24/h2-7,9-10,13-14,19,21H,8H2,1H3,(H,23,24)/t13-,14-,19+/m1/s1. The number of hydrogen-bond acceptors (Lipinski definition) is 4. The normalized spacial score (nSPS) is 23.0. The Balaban J connectivity index is 1.86. The van der Waals surface area contributed by atoms with E-state index in [1.165, 1.54) is 0 Å². The van der Waals surface area contributed by atoms with Crippen LogP contribution in [0.15, 0.2) is 48.6 Å². The third-order valence-electron chi connectivity index (χ3n) is 5.39. The second kappa shape index (κ2) is 5.98. The molecule has 0 spiro atoms. The van der Waals surface area contributed by atoms with Gasteiger partial charge in [-0.3, -0.25) is 10.1 Å². The summed E-state index contributed by atoms with van der Waals surface area (Å²) in [4.78, 5) is 22.5. The van der Waals surface area contributed by atoms with Gasteiger partial charge in [-0.25, -0.2) is 4.79 Å². The van der Waals surface area contributed by atoms with Gasteiger partial charge in [-0.2, -0.15) is 0 Å². The lowest BCUT2D eigenvalue weighted by molar-refractivity contribution is -0.385. The van der Waals surface area contributed by atoms with Crippen molar-refractivity contribution in [2.45, 2.75) is 25.3 Å². The van der Waals surface area contributed by atoms with Crippen molar-refractivity contribution in [2.24, 2.45) is 5.92 Å². The molecule has 2 aliphatic rings. The maximum atomic E-state index is 11.7. The third-order valence-corrected chi connectivity index (χ3v) is 5.39. The maximum Gasteiger partial charge on any atom is 0.336 e. The molecule has 6 heteroatoms. The number of aryl methyl sites for hydroxylation is 1. The van der Waals surface area contributed by atoms with Crippen LogP contribution in [-0.4, -0.2) is 16.0 Å². The molecule has 0 saturated carbocycles. The first-order valence-electron chi connectivity index (χ1n) is 8.51. The van der Waals surface area contributed by atoms with E-state index in [1.807, 2.05) is 19.1 Å². The van der Waals surface area contributed by atoms with Crippen molar-refractivity contribution in [3.63, 3.8) is 0 Å². The molecule has 0 amide bonds. The van der Waals surface area contributed by atoms with Crippen LogP contribution in [0.5, 0.6) is 0 Å². The summed E-state index contributed by atoms with van der Waals surface area (Å²) in [7, 11) is 0. The largest absolute Gasteiger partial charge is 0.478 e. The lowest BCUT2D eigenvalue weighted by Gasteiger charge is -2.38. The van der Waals surface area contributed by atoms with Gasteiger partial charge in [0.2, 0.25) is 0 Å². The van der Waals surface area contributed by atoms with Crippen LogP contribution in [0.3, 0.4) is 0 Å². The first kappa shape index (κ1) is 16.3. The maximum absolute atomic E-state index is 11.7. The second-order valence-electron chi connectivity index (χ2n) is 6.85. The third kappa shape index (κ3) is 2.45. The lowest BCUT2D eigenvalue weighted by atomic mass is 9.75. The summed E-state index contributed by atoms with van der Waals surface area (Å²) >= 11 is 0. The number of benzene rings is 2. The van der Waals surface area contributed by atoms with E-state index in [1.54, 1.807) is 24.3 Å². The molecule has 2 aromatic rings. The van der Waals surface area contributed by atoms with Crippen LogP contribution < -0.4 is 5.32 Å². The van der Waals surface area contributed by atoms with E-state index >= 15 is 0 Å². The average molecular weight is 350 g/mol. The fourth-order valence-corrected chi connectivity index (χ4v) is 4.24. The first-order valence-corrected chi connectivity index (χ1v) is 8.51. The highest BCUT2D eigenvalue weighted by Gasteiger charge is 2.40. The quantitative estimate of drug-likeness (QED) is 0.485. The molecule has 1 aliphatic heterocycles. The number of fused-ring (bicyclic) bond motifs is 3. The summed E-state index contributed by atoms with van der Waals surface area (Å²) in [6.07, 6.45) is 4.97. The number of aromatic carboxylic acids is 1. The zero-order valence-corrected chi connectivity index (χ0v) is 14.2. The number of carboxylic acid groups (broad SMARTS) is 1. The molecule has 0 fully saturated rings. The molecule has 2 N–H and O–H groups in total. The van der Waals surface area contributed by atoms with E-state index in [0.29, 0.717) is 5.56 Å². The van der Waals surface area contributed by atoms with Gasteiger partial charge < -0.3 is 10.4 Å².